The zero-order valence-corrected chi connectivity index (χ0v) is 13.7. The third kappa shape index (κ3) is 2.72. The molecule has 0 bridgehead atoms. The molecule has 0 spiro atoms. The van der Waals surface area contributed by atoms with Crippen LogP contribution in [0.4, 0.5) is 5.82 Å². The summed E-state index contributed by atoms with van der Waals surface area (Å²) in [6.07, 6.45) is 0. The molecule has 0 radical (unpaired) electrons. The van der Waals surface area contributed by atoms with Crippen molar-refractivity contribution in [2.45, 2.75) is 25.3 Å². The number of anilines is 1. The first-order valence-corrected chi connectivity index (χ1v) is 7.95. The van der Waals surface area contributed by atoms with E-state index in [9.17, 15) is 0 Å². The molecule has 4 heteroatoms. The molecular weight excluding hydrogens is 282 g/mol. The third-order valence-corrected chi connectivity index (χ3v) is 4.86. The highest BCUT2D eigenvalue weighted by Gasteiger charge is 2.31. The van der Waals surface area contributed by atoms with Crippen LogP contribution in [-0.4, -0.2) is 42.1 Å². The van der Waals surface area contributed by atoms with Crippen LogP contribution in [0.2, 0.25) is 0 Å². The maximum absolute atomic E-state index is 6.14. The van der Waals surface area contributed by atoms with Gasteiger partial charge in [-0.15, -0.1) is 11.6 Å². The molecule has 0 unspecified atom stereocenters. The Morgan fingerprint density at radius 2 is 2.00 bits per heavy atom. The SMILES string of the molecule is CN1CCN(c2cc(CCl)c3ccccc3n2)CC1(C)C. The normalized spacial score (nSPS) is 19.1. The highest BCUT2D eigenvalue weighted by molar-refractivity contribution is 6.18. The summed E-state index contributed by atoms with van der Waals surface area (Å²) in [5.41, 5.74) is 2.35. The van der Waals surface area contributed by atoms with Gasteiger partial charge in [0.25, 0.3) is 0 Å². The van der Waals surface area contributed by atoms with Gasteiger partial charge in [0.1, 0.15) is 5.82 Å². The summed E-state index contributed by atoms with van der Waals surface area (Å²) in [6, 6.07) is 10.4. The zero-order valence-electron chi connectivity index (χ0n) is 12.9. The minimum absolute atomic E-state index is 0.159. The number of fused-ring (bicyclic) bond motifs is 1. The van der Waals surface area contributed by atoms with E-state index in [0.29, 0.717) is 5.88 Å². The lowest BCUT2D eigenvalue weighted by Crippen LogP contribution is -2.57. The quantitative estimate of drug-likeness (QED) is 0.792. The molecule has 1 aromatic heterocycles. The van der Waals surface area contributed by atoms with Crippen molar-refractivity contribution in [1.29, 1.82) is 0 Å². The fourth-order valence-electron chi connectivity index (χ4n) is 2.94. The standard InChI is InChI=1S/C17H22ClN3/c1-17(2)12-21(9-8-20(17)3)16-10-13(11-18)14-6-4-5-7-15(14)19-16/h4-7,10H,8-9,11-12H2,1-3H3. The fourth-order valence-corrected chi connectivity index (χ4v) is 3.16. The van der Waals surface area contributed by atoms with E-state index in [1.54, 1.807) is 0 Å². The van der Waals surface area contributed by atoms with Crippen molar-refractivity contribution in [3.63, 3.8) is 0 Å². The summed E-state index contributed by atoms with van der Waals surface area (Å²) in [5.74, 6) is 1.57. The second-order valence-corrected chi connectivity index (χ2v) is 6.71. The molecule has 2 aromatic rings. The average Bonchev–Trinajstić information content (AvgIpc) is 2.48. The molecule has 2 heterocycles. The maximum atomic E-state index is 6.14. The van der Waals surface area contributed by atoms with E-state index < -0.39 is 0 Å². The number of rotatable bonds is 2. The number of hydrogen-bond acceptors (Lipinski definition) is 3. The Kier molecular flexibility index (Phi) is 3.80. The monoisotopic (exact) mass is 303 g/mol. The van der Waals surface area contributed by atoms with Crippen LogP contribution in [0.25, 0.3) is 10.9 Å². The van der Waals surface area contributed by atoms with E-state index in [-0.39, 0.29) is 5.54 Å². The number of benzene rings is 1. The summed E-state index contributed by atoms with van der Waals surface area (Å²) < 4.78 is 0. The minimum atomic E-state index is 0.159. The van der Waals surface area contributed by atoms with Gasteiger partial charge in [-0.3, -0.25) is 4.90 Å². The number of nitrogens with zero attached hydrogens (tertiary/aromatic N) is 3. The topological polar surface area (TPSA) is 19.4 Å². The van der Waals surface area contributed by atoms with Crippen LogP contribution in [0.5, 0.6) is 0 Å². The molecule has 0 N–H and O–H groups in total. The molecule has 1 fully saturated rings. The van der Waals surface area contributed by atoms with Crippen molar-refractivity contribution in [3.05, 3.63) is 35.9 Å². The number of pyridine rings is 1. The number of piperazine rings is 1. The van der Waals surface area contributed by atoms with E-state index in [2.05, 4.69) is 48.9 Å². The zero-order chi connectivity index (χ0) is 15.0. The van der Waals surface area contributed by atoms with Crippen LogP contribution in [0.1, 0.15) is 19.4 Å². The van der Waals surface area contributed by atoms with Crippen LogP contribution < -0.4 is 4.90 Å². The number of para-hydroxylation sites is 1. The van der Waals surface area contributed by atoms with Gasteiger partial charge in [0.05, 0.1) is 5.52 Å². The number of halogens is 1. The Bertz CT molecular complexity index is 654. The van der Waals surface area contributed by atoms with Gasteiger partial charge in [-0.1, -0.05) is 18.2 Å². The van der Waals surface area contributed by atoms with Crippen molar-refractivity contribution >= 4 is 28.3 Å². The van der Waals surface area contributed by atoms with Gasteiger partial charge in [-0.25, -0.2) is 4.98 Å². The average molecular weight is 304 g/mol. The first-order valence-electron chi connectivity index (χ1n) is 7.42. The lowest BCUT2D eigenvalue weighted by molar-refractivity contribution is 0.138. The van der Waals surface area contributed by atoms with Crippen molar-refractivity contribution in [2.75, 3.05) is 31.6 Å². The van der Waals surface area contributed by atoms with Gasteiger partial charge in [-0.05, 0) is 38.6 Å². The molecular formula is C17H22ClN3. The number of alkyl halides is 1. The highest BCUT2D eigenvalue weighted by atomic mass is 35.5. The lowest BCUT2D eigenvalue weighted by atomic mass is 9.99. The number of aromatic nitrogens is 1. The minimum Gasteiger partial charge on any atom is -0.353 e. The highest BCUT2D eigenvalue weighted by Crippen LogP contribution is 2.28. The summed E-state index contributed by atoms with van der Waals surface area (Å²) in [4.78, 5) is 9.63. The molecule has 0 atom stereocenters. The molecule has 0 saturated carbocycles. The van der Waals surface area contributed by atoms with E-state index >= 15 is 0 Å². The first kappa shape index (κ1) is 14.6. The number of likely N-dealkylation sites (N-methyl/N-ethyl adjacent to an activating group) is 1. The van der Waals surface area contributed by atoms with Gasteiger partial charge < -0.3 is 4.90 Å². The molecule has 3 nitrogen and oxygen atoms in total. The first-order chi connectivity index (χ1) is 10.0. The second-order valence-electron chi connectivity index (χ2n) is 6.45. The van der Waals surface area contributed by atoms with Gasteiger partial charge in [0.15, 0.2) is 0 Å². The summed E-state index contributed by atoms with van der Waals surface area (Å²) >= 11 is 6.14. The molecule has 112 valence electrons. The Morgan fingerprint density at radius 1 is 1.24 bits per heavy atom. The second kappa shape index (κ2) is 5.47. The Labute approximate surface area is 131 Å². The van der Waals surface area contributed by atoms with Crippen molar-refractivity contribution in [2.24, 2.45) is 0 Å². The molecule has 1 saturated heterocycles. The largest absolute Gasteiger partial charge is 0.353 e. The predicted octanol–water partition coefficient (Wildman–Crippen LogP) is 3.50. The molecule has 21 heavy (non-hydrogen) atoms. The van der Waals surface area contributed by atoms with Crippen LogP contribution in [-0.2, 0) is 5.88 Å². The van der Waals surface area contributed by atoms with E-state index in [0.717, 1.165) is 41.9 Å². The van der Waals surface area contributed by atoms with Crippen LogP contribution in [0, 0.1) is 0 Å². The Balaban J connectivity index is 2.01. The summed E-state index contributed by atoms with van der Waals surface area (Å²) in [7, 11) is 2.19. The van der Waals surface area contributed by atoms with Crippen LogP contribution >= 0.6 is 11.6 Å². The van der Waals surface area contributed by atoms with Crippen LogP contribution in [0.3, 0.4) is 0 Å². The molecule has 1 aliphatic rings. The maximum Gasteiger partial charge on any atom is 0.129 e. The molecule has 1 aromatic carbocycles. The van der Waals surface area contributed by atoms with E-state index in [1.165, 1.54) is 0 Å². The number of hydrogen-bond donors (Lipinski definition) is 0. The van der Waals surface area contributed by atoms with Crippen LogP contribution in [0.15, 0.2) is 30.3 Å². The molecule has 0 amide bonds. The van der Waals surface area contributed by atoms with Gasteiger partial charge in [0.2, 0.25) is 0 Å². The lowest BCUT2D eigenvalue weighted by Gasteiger charge is -2.45. The Morgan fingerprint density at radius 3 is 2.71 bits per heavy atom. The molecule has 1 aliphatic heterocycles. The fraction of sp³-hybridized carbons (Fsp3) is 0.471. The Hall–Kier alpha value is -1.32. The van der Waals surface area contributed by atoms with Gasteiger partial charge in [0, 0.05) is 36.4 Å². The smallest absolute Gasteiger partial charge is 0.129 e. The van der Waals surface area contributed by atoms with Crippen molar-refractivity contribution in [1.82, 2.24) is 9.88 Å². The van der Waals surface area contributed by atoms with E-state index in [4.69, 9.17) is 16.6 Å². The van der Waals surface area contributed by atoms with Crippen molar-refractivity contribution < 1.29 is 0 Å². The van der Waals surface area contributed by atoms with Crippen molar-refractivity contribution in [3.8, 4) is 0 Å². The molecule has 3 rings (SSSR count). The summed E-state index contributed by atoms with van der Waals surface area (Å²) in [5, 5.41) is 1.16. The van der Waals surface area contributed by atoms with Gasteiger partial charge >= 0.3 is 0 Å². The third-order valence-electron chi connectivity index (χ3n) is 4.57. The summed E-state index contributed by atoms with van der Waals surface area (Å²) in [6.45, 7) is 7.60. The van der Waals surface area contributed by atoms with Gasteiger partial charge in [-0.2, -0.15) is 0 Å². The molecule has 0 aliphatic carbocycles. The predicted molar refractivity (Wildman–Crippen MR) is 90.2 cm³/mol. The van der Waals surface area contributed by atoms with E-state index in [1.807, 2.05) is 12.1 Å².